The maximum absolute atomic E-state index is 11.0. The fourth-order valence-corrected chi connectivity index (χ4v) is 2.94. The molecule has 1 fully saturated rings. The lowest BCUT2D eigenvalue weighted by Crippen LogP contribution is -2.31. The Hall–Kier alpha value is -1.43. The molecule has 1 aromatic carbocycles. The van der Waals surface area contributed by atoms with Gasteiger partial charge < -0.3 is 19.5 Å². The third kappa shape index (κ3) is 2.44. The molecule has 0 bridgehead atoms. The molecule has 20 heavy (non-hydrogen) atoms. The number of nitrogens with zero attached hydrogens (tertiary/aromatic N) is 1. The normalized spacial score (nSPS) is 25.6. The summed E-state index contributed by atoms with van der Waals surface area (Å²) >= 11 is 0. The summed E-state index contributed by atoms with van der Waals surface area (Å²) in [5, 5.41) is 9.09. The smallest absolute Gasteiger partial charge is 0.186 e. The summed E-state index contributed by atoms with van der Waals surface area (Å²) in [6.07, 6.45) is 1.84. The number of ether oxygens (including phenoxy) is 2. The van der Waals surface area contributed by atoms with Crippen molar-refractivity contribution in [2.45, 2.75) is 25.2 Å². The first-order chi connectivity index (χ1) is 9.83. The minimum atomic E-state index is -0.471. The highest BCUT2D eigenvalue weighted by atomic mass is 16.5. The van der Waals surface area contributed by atoms with Crippen molar-refractivity contribution in [1.29, 1.82) is 0 Å². The van der Waals surface area contributed by atoms with Crippen molar-refractivity contribution in [3.8, 4) is 0 Å². The second kappa shape index (κ2) is 5.91. The number of carbonyl (C=O) groups is 1. The van der Waals surface area contributed by atoms with Crippen LogP contribution < -0.4 is 4.90 Å². The Kier molecular flexibility index (Phi) is 4.00. The van der Waals surface area contributed by atoms with Crippen LogP contribution in [0.2, 0.25) is 0 Å². The van der Waals surface area contributed by atoms with E-state index in [1.165, 1.54) is 5.56 Å². The number of aliphatic hydroxyl groups is 1. The molecule has 0 radical (unpaired) electrons. The number of rotatable bonds is 4. The minimum Gasteiger partial charge on any atom is -0.396 e. The Bertz CT molecular complexity index is 491. The summed E-state index contributed by atoms with van der Waals surface area (Å²) in [4.78, 5) is 13.0. The van der Waals surface area contributed by atoms with E-state index in [2.05, 4.69) is 6.07 Å². The SMILES string of the molecule is O=CC1OCCN1c1ccc2c(c1)CCO[C@H]2CCO. The van der Waals surface area contributed by atoms with E-state index in [9.17, 15) is 4.79 Å². The number of aliphatic hydroxyl groups excluding tert-OH is 1. The van der Waals surface area contributed by atoms with Gasteiger partial charge in [0.25, 0.3) is 0 Å². The maximum atomic E-state index is 11.0. The van der Waals surface area contributed by atoms with Crippen molar-refractivity contribution in [3.05, 3.63) is 29.3 Å². The van der Waals surface area contributed by atoms with Crippen LogP contribution in [0.4, 0.5) is 5.69 Å². The monoisotopic (exact) mass is 277 g/mol. The van der Waals surface area contributed by atoms with Gasteiger partial charge in [0.15, 0.2) is 12.5 Å². The van der Waals surface area contributed by atoms with Gasteiger partial charge in [-0.2, -0.15) is 0 Å². The molecule has 1 aromatic rings. The van der Waals surface area contributed by atoms with Gasteiger partial charge in [-0.1, -0.05) is 6.07 Å². The molecule has 2 aliphatic heterocycles. The molecule has 0 saturated carbocycles. The summed E-state index contributed by atoms with van der Waals surface area (Å²) in [7, 11) is 0. The van der Waals surface area contributed by atoms with E-state index in [1.54, 1.807) is 0 Å². The van der Waals surface area contributed by atoms with E-state index in [4.69, 9.17) is 14.6 Å². The maximum Gasteiger partial charge on any atom is 0.186 e. The minimum absolute atomic E-state index is 0.0190. The molecular formula is C15H19NO4. The number of hydrogen-bond acceptors (Lipinski definition) is 5. The highest BCUT2D eigenvalue weighted by Gasteiger charge is 2.27. The van der Waals surface area contributed by atoms with Gasteiger partial charge >= 0.3 is 0 Å². The number of benzene rings is 1. The van der Waals surface area contributed by atoms with Crippen LogP contribution in [0.15, 0.2) is 18.2 Å². The van der Waals surface area contributed by atoms with Crippen LogP contribution in [-0.2, 0) is 20.7 Å². The zero-order valence-electron chi connectivity index (χ0n) is 11.3. The molecule has 3 rings (SSSR count). The highest BCUT2D eigenvalue weighted by Crippen LogP contribution is 2.33. The Balaban J connectivity index is 1.87. The van der Waals surface area contributed by atoms with Crippen LogP contribution in [0, 0.1) is 0 Å². The van der Waals surface area contributed by atoms with Gasteiger partial charge in [0.2, 0.25) is 0 Å². The predicted octanol–water partition coefficient (Wildman–Crippen LogP) is 1.04. The number of hydrogen-bond donors (Lipinski definition) is 1. The van der Waals surface area contributed by atoms with Crippen LogP contribution in [0.5, 0.6) is 0 Å². The highest BCUT2D eigenvalue weighted by molar-refractivity contribution is 5.66. The molecule has 0 amide bonds. The van der Waals surface area contributed by atoms with Crippen molar-refractivity contribution in [3.63, 3.8) is 0 Å². The molecule has 2 atom stereocenters. The average molecular weight is 277 g/mol. The van der Waals surface area contributed by atoms with E-state index < -0.39 is 6.23 Å². The number of fused-ring (bicyclic) bond motifs is 1. The molecule has 2 aliphatic rings. The van der Waals surface area contributed by atoms with E-state index in [0.29, 0.717) is 19.6 Å². The fourth-order valence-electron chi connectivity index (χ4n) is 2.94. The van der Waals surface area contributed by atoms with Crippen molar-refractivity contribution < 1.29 is 19.4 Å². The van der Waals surface area contributed by atoms with Gasteiger partial charge in [-0.25, -0.2) is 0 Å². The topological polar surface area (TPSA) is 59.0 Å². The third-order valence-corrected chi connectivity index (χ3v) is 3.93. The third-order valence-electron chi connectivity index (χ3n) is 3.93. The second-order valence-electron chi connectivity index (χ2n) is 5.10. The molecule has 0 spiro atoms. The molecule has 2 heterocycles. The van der Waals surface area contributed by atoms with E-state index in [0.717, 1.165) is 30.5 Å². The Labute approximate surface area is 118 Å². The Morgan fingerprint density at radius 2 is 2.25 bits per heavy atom. The van der Waals surface area contributed by atoms with Crippen LogP contribution in [-0.4, -0.2) is 44.0 Å². The van der Waals surface area contributed by atoms with Crippen molar-refractivity contribution in [1.82, 2.24) is 0 Å². The van der Waals surface area contributed by atoms with Gasteiger partial charge in [0.05, 0.1) is 19.3 Å². The fraction of sp³-hybridized carbons (Fsp3) is 0.533. The van der Waals surface area contributed by atoms with Crippen LogP contribution in [0.25, 0.3) is 0 Å². The standard InChI is InChI=1S/C15H19NO4/c17-6-3-14-13-2-1-12(9-11(13)4-7-19-14)16-5-8-20-15(16)10-18/h1-2,9-10,14-15,17H,3-8H2/t14-,15?/m0/s1. The first kappa shape index (κ1) is 13.5. The lowest BCUT2D eigenvalue weighted by Gasteiger charge is -2.28. The number of carbonyl (C=O) groups excluding carboxylic acids is 1. The van der Waals surface area contributed by atoms with Gasteiger partial charge in [-0.15, -0.1) is 0 Å². The molecular weight excluding hydrogens is 258 g/mol. The van der Waals surface area contributed by atoms with E-state index in [-0.39, 0.29) is 12.7 Å². The molecule has 1 saturated heterocycles. The molecule has 1 unspecified atom stereocenters. The molecule has 5 heteroatoms. The molecule has 1 N–H and O–H groups in total. The second-order valence-corrected chi connectivity index (χ2v) is 5.10. The van der Waals surface area contributed by atoms with Crippen LogP contribution in [0.1, 0.15) is 23.7 Å². The summed E-state index contributed by atoms with van der Waals surface area (Å²) in [6.45, 7) is 2.11. The Morgan fingerprint density at radius 1 is 1.35 bits per heavy atom. The first-order valence-electron chi connectivity index (χ1n) is 7.02. The predicted molar refractivity (Wildman–Crippen MR) is 73.7 cm³/mol. The molecule has 0 aromatic heterocycles. The zero-order valence-corrected chi connectivity index (χ0v) is 11.3. The molecule has 108 valence electrons. The van der Waals surface area contributed by atoms with Crippen molar-refractivity contribution >= 4 is 12.0 Å². The van der Waals surface area contributed by atoms with Crippen LogP contribution >= 0.6 is 0 Å². The summed E-state index contributed by atoms with van der Waals surface area (Å²) in [5.41, 5.74) is 3.41. The Morgan fingerprint density at radius 3 is 3.05 bits per heavy atom. The number of aldehydes is 1. The van der Waals surface area contributed by atoms with Gasteiger partial charge in [0, 0.05) is 25.3 Å². The molecule has 5 nitrogen and oxygen atoms in total. The number of anilines is 1. The average Bonchev–Trinajstić information content (AvgIpc) is 2.96. The van der Waals surface area contributed by atoms with Crippen LogP contribution in [0.3, 0.4) is 0 Å². The van der Waals surface area contributed by atoms with E-state index >= 15 is 0 Å². The lowest BCUT2D eigenvalue weighted by molar-refractivity contribution is -0.115. The van der Waals surface area contributed by atoms with Gasteiger partial charge in [-0.3, -0.25) is 4.79 Å². The van der Waals surface area contributed by atoms with Gasteiger partial charge in [-0.05, 0) is 29.7 Å². The summed E-state index contributed by atoms with van der Waals surface area (Å²) in [5.74, 6) is 0. The first-order valence-corrected chi connectivity index (χ1v) is 7.02. The molecule has 0 aliphatic carbocycles. The van der Waals surface area contributed by atoms with Gasteiger partial charge in [0.1, 0.15) is 0 Å². The lowest BCUT2D eigenvalue weighted by atomic mass is 9.95. The van der Waals surface area contributed by atoms with E-state index in [1.807, 2.05) is 17.0 Å². The largest absolute Gasteiger partial charge is 0.396 e. The summed E-state index contributed by atoms with van der Waals surface area (Å²) in [6, 6.07) is 6.17. The quantitative estimate of drug-likeness (QED) is 0.833. The van der Waals surface area contributed by atoms with Crippen molar-refractivity contribution in [2.75, 3.05) is 31.3 Å². The summed E-state index contributed by atoms with van der Waals surface area (Å²) < 4.78 is 11.1. The van der Waals surface area contributed by atoms with Crippen molar-refractivity contribution in [2.24, 2.45) is 0 Å². The zero-order chi connectivity index (χ0) is 13.9.